The average molecular weight is 484 g/mol. The van der Waals surface area contributed by atoms with Crippen LogP contribution in [0, 0.1) is 0 Å². The minimum atomic E-state index is -3.83. The van der Waals surface area contributed by atoms with Crippen LogP contribution in [0.3, 0.4) is 0 Å². The van der Waals surface area contributed by atoms with Crippen LogP contribution >= 0.6 is 11.6 Å². The van der Waals surface area contributed by atoms with Gasteiger partial charge in [-0.25, -0.2) is 8.42 Å². The third kappa shape index (κ3) is 2.88. The first-order valence-electron chi connectivity index (χ1n) is 10.8. The van der Waals surface area contributed by atoms with E-state index in [0.717, 1.165) is 39.7 Å². The van der Waals surface area contributed by atoms with Crippen LogP contribution in [0.2, 0.25) is 5.02 Å². The van der Waals surface area contributed by atoms with E-state index in [1.165, 1.54) is 0 Å². The molecule has 166 valence electrons. The highest BCUT2D eigenvalue weighted by Crippen LogP contribution is 2.59. The van der Waals surface area contributed by atoms with Crippen LogP contribution in [0.1, 0.15) is 38.2 Å². The number of hydrogen-bond donors (Lipinski definition) is 1. The molecule has 34 heavy (non-hydrogen) atoms. The Kier molecular flexibility index (Phi) is 4.64. The summed E-state index contributed by atoms with van der Waals surface area (Å²) in [4.78, 5) is 11.9. The van der Waals surface area contributed by atoms with Gasteiger partial charge in [-0.3, -0.25) is 4.79 Å². The van der Waals surface area contributed by atoms with Crippen LogP contribution in [0.15, 0.2) is 102 Å². The molecule has 0 aromatic heterocycles. The molecule has 0 unspecified atom stereocenters. The molecule has 0 bridgehead atoms. The van der Waals surface area contributed by atoms with E-state index in [1.807, 2.05) is 72.8 Å². The van der Waals surface area contributed by atoms with Gasteiger partial charge in [0.15, 0.2) is 0 Å². The summed E-state index contributed by atoms with van der Waals surface area (Å²) in [6, 6.07) is 29.8. The van der Waals surface area contributed by atoms with Crippen LogP contribution in [0.5, 0.6) is 0 Å². The highest BCUT2D eigenvalue weighted by atomic mass is 35.5. The molecular formula is C28H18ClNO3S. The molecule has 1 aliphatic heterocycles. The molecule has 4 aromatic carbocycles. The predicted molar refractivity (Wildman–Crippen MR) is 133 cm³/mol. The molecule has 4 aromatic rings. The number of carbonyl (C=O) groups is 1. The van der Waals surface area contributed by atoms with Crippen LogP contribution in [0.4, 0.5) is 0 Å². The minimum Gasteiger partial charge on any atom is -0.298 e. The van der Waals surface area contributed by atoms with Gasteiger partial charge in [0.05, 0.1) is 4.90 Å². The molecule has 0 amide bonds. The predicted octanol–water partition coefficient (Wildman–Crippen LogP) is 5.66. The lowest BCUT2D eigenvalue weighted by Crippen LogP contribution is -2.40. The largest absolute Gasteiger partial charge is 0.298 e. The van der Waals surface area contributed by atoms with Crippen molar-refractivity contribution in [1.82, 2.24) is 4.72 Å². The standard InChI is InChI=1S/C28H18ClNO3S/c29-21-12-14-25-24(16-21)28(30-34(25,32)33)23-13-11-18(17-31)15-22(23)26(19-7-3-1-4-8-19)27(28)20-9-5-2-6-10-20/h1-17,30H/t28-/m0/s1. The molecule has 4 nitrogen and oxygen atoms in total. The number of benzene rings is 4. The Hall–Kier alpha value is -3.51. The number of fused-ring (bicyclic) bond motifs is 4. The van der Waals surface area contributed by atoms with Crippen LogP contribution in [-0.4, -0.2) is 14.7 Å². The lowest BCUT2D eigenvalue weighted by molar-refractivity contribution is 0.112. The highest BCUT2D eigenvalue weighted by Gasteiger charge is 2.55. The summed E-state index contributed by atoms with van der Waals surface area (Å²) in [5, 5.41) is 0.448. The number of carbonyl (C=O) groups excluding carboxylic acids is 1. The Balaban J connectivity index is 1.84. The van der Waals surface area contributed by atoms with Gasteiger partial charge in [-0.05, 0) is 57.7 Å². The third-order valence-electron chi connectivity index (χ3n) is 6.53. The van der Waals surface area contributed by atoms with Gasteiger partial charge in [-0.1, -0.05) is 84.4 Å². The molecular weight excluding hydrogens is 466 g/mol. The molecule has 0 fully saturated rings. The quantitative estimate of drug-likeness (QED) is 0.382. The van der Waals surface area contributed by atoms with Crippen molar-refractivity contribution in [1.29, 1.82) is 0 Å². The molecule has 1 aliphatic carbocycles. The molecule has 2 aliphatic rings. The summed E-state index contributed by atoms with van der Waals surface area (Å²) >= 11 is 6.42. The van der Waals surface area contributed by atoms with E-state index in [-0.39, 0.29) is 4.90 Å². The Morgan fingerprint density at radius 1 is 0.765 bits per heavy atom. The van der Waals surface area contributed by atoms with Gasteiger partial charge in [-0.15, -0.1) is 0 Å². The van der Waals surface area contributed by atoms with Crippen LogP contribution in [0.25, 0.3) is 11.1 Å². The minimum absolute atomic E-state index is 0.199. The fraction of sp³-hybridized carbons (Fsp3) is 0.0357. The summed E-state index contributed by atoms with van der Waals surface area (Å²) < 4.78 is 29.9. The van der Waals surface area contributed by atoms with Crippen molar-refractivity contribution in [3.8, 4) is 0 Å². The highest BCUT2D eigenvalue weighted by molar-refractivity contribution is 7.90. The molecule has 6 rings (SSSR count). The first kappa shape index (κ1) is 21.1. The second-order valence-electron chi connectivity index (χ2n) is 8.40. The molecule has 6 heteroatoms. The maximum atomic E-state index is 13.4. The number of halogens is 1. The molecule has 0 saturated heterocycles. The molecule has 1 N–H and O–H groups in total. The molecule has 1 spiro atoms. The monoisotopic (exact) mass is 483 g/mol. The van der Waals surface area contributed by atoms with Gasteiger partial charge in [0.25, 0.3) is 0 Å². The van der Waals surface area contributed by atoms with Gasteiger partial charge in [0.2, 0.25) is 10.0 Å². The number of hydrogen-bond acceptors (Lipinski definition) is 3. The SMILES string of the molecule is O=Cc1ccc2c(c1)C(c1ccccc1)=C(c1ccccc1)[C@]21NS(=O)(=O)c2ccc(Cl)cc21. The molecule has 0 saturated carbocycles. The smallest absolute Gasteiger partial charge is 0.242 e. The maximum Gasteiger partial charge on any atom is 0.242 e. The number of nitrogens with one attached hydrogen (secondary N) is 1. The fourth-order valence-electron chi connectivity index (χ4n) is 5.22. The van der Waals surface area contributed by atoms with Gasteiger partial charge < -0.3 is 0 Å². The van der Waals surface area contributed by atoms with Crippen molar-refractivity contribution >= 4 is 39.1 Å². The first-order chi connectivity index (χ1) is 16.5. The number of aldehydes is 1. The van der Waals surface area contributed by atoms with Gasteiger partial charge in [0.1, 0.15) is 11.8 Å². The van der Waals surface area contributed by atoms with E-state index in [0.29, 0.717) is 16.1 Å². The van der Waals surface area contributed by atoms with E-state index >= 15 is 0 Å². The van der Waals surface area contributed by atoms with Gasteiger partial charge in [0, 0.05) is 16.1 Å². The van der Waals surface area contributed by atoms with E-state index < -0.39 is 15.6 Å². The molecule has 1 heterocycles. The first-order valence-corrected chi connectivity index (χ1v) is 12.6. The van der Waals surface area contributed by atoms with Crippen LogP contribution in [-0.2, 0) is 15.6 Å². The second kappa shape index (κ2) is 7.50. The van der Waals surface area contributed by atoms with Crippen molar-refractivity contribution in [3.05, 3.63) is 135 Å². The normalized spacial score (nSPS) is 19.8. The third-order valence-corrected chi connectivity index (χ3v) is 8.27. The summed E-state index contributed by atoms with van der Waals surface area (Å²) in [6.07, 6.45) is 0.805. The van der Waals surface area contributed by atoms with Crippen molar-refractivity contribution in [2.75, 3.05) is 0 Å². The van der Waals surface area contributed by atoms with Gasteiger partial charge in [-0.2, -0.15) is 4.72 Å². The maximum absolute atomic E-state index is 13.4. The Morgan fingerprint density at radius 3 is 2.12 bits per heavy atom. The lowest BCUT2D eigenvalue weighted by atomic mass is 9.77. The zero-order valence-corrected chi connectivity index (χ0v) is 19.4. The zero-order chi connectivity index (χ0) is 23.5. The van der Waals surface area contributed by atoms with Crippen molar-refractivity contribution in [2.24, 2.45) is 0 Å². The number of sulfonamides is 1. The van der Waals surface area contributed by atoms with E-state index in [2.05, 4.69) is 4.72 Å². The van der Waals surface area contributed by atoms with Gasteiger partial charge >= 0.3 is 0 Å². The Morgan fingerprint density at radius 2 is 1.44 bits per heavy atom. The topological polar surface area (TPSA) is 63.2 Å². The van der Waals surface area contributed by atoms with E-state index in [4.69, 9.17) is 11.6 Å². The molecule has 1 atom stereocenters. The lowest BCUT2D eigenvalue weighted by Gasteiger charge is -2.30. The van der Waals surface area contributed by atoms with E-state index in [1.54, 1.807) is 24.3 Å². The van der Waals surface area contributed by atoms with E-state index in [9.17, 15) is 13.2 Å². The van der Waals surface area contributed by atoms with Crippen molar-refractivity contribution in [3.63, 3.8) is 0 Å². The van der Waals surface area contributed by atoms with Crippen molar-refractivity contribution < 1.29 is 13.2 Å². The summed E-state index contributed by atoms with van der Waals surface area (Å²) in [5.74, 6) is 0. The average Bonchev–Trinajstić information content (AvgIpc) is 3.27. The fourth-order valence-corrected chi connectivity index (χ4v) is 6.98. The summed E-state index contributed by atoms with van der Waals surface area (Å²) in [5.41, 5.74) is 4.96. The zero-order valence-electron chi connectivity index (χ0n) is 17.8. The van der Waals surface area contributed by atoms with Crippen molar-refractivity contribution in [2.45, 2.75) is 10.4 Å². The van der Waals surface area contributed by atoms with Crippen LogP contribution < -0.4 is 4.72 Å². The summed E-state index contributed by atoms with van der Waals surface area (Å²) in [6.45, 7) is 0. The number of rotatable bonds is 3. The Labute approximate surface area is 202 Å². The molecule has 0 radical (unpaired) electrons. The second-order valence-corrected chi connectivity index (χ2v) is 10.5. The summed E-state index contributed by atoms with van der Waals surface area (Å²) in [7, 11) is -3.83. The Bertz CT molecular complexity index is 1610.